The van der Waals surface area contributed by atoms with Gasteiger partial charge in [-0.1, -0.05) is 15.9 Å². The third-order valence-corrected chi connectivity index (χ3v) is 3.47. The van der Waals surface area contributed by atoms with Gasteiger partial charge in [-0.25, -0.2) is 4.79 Å². The number of benzene rings is 1. The predicted octanol–water partition coefficient (Wildman–Crippen LogP) is 1.28. The van der Waals surface area contributed by atoms with Crippen molar-refractivity contribution in [3.63, 3.8) is 0 Å². The minimum atomic E-state index is -1.17. The van der Waals surface area contributed by atoms with Crippen molar-refractivity contribution >= 4 is 33.5 Å². The van der Waals surface area contributed by atoms with Gasteiger partial charge in [0.25, 0.3) is 11.6 Å². The second kappa shape index (κ2) is 6.19. The molecule has 1 atom stereocenters. The number of rotatable bonds is 3. The number of carboxylic acid groups (broad SMARTS) is 1. The van der Waals surface area contributed by atoms with Crippen molar-refractivity contribution in [1.82, 2.24) is 4.90 Å². The van der Waals surface area contributed by atoms with Crippen LogP contribution >= 0.6 is 15.9 Å². The summed E-state index contributed by atoms with van der Waals surface area (Å²) in [5.41, 5.74) is -0.183. The highest BCUT2D eigenvalue weighted by atomic mass is 79.9. The average Bonchev–Trinajstić information content (AvgIpc) is 2.45. The van der Waals surface area contributed by atoms with E-state index in [4.69, 9.17) is 9.84 Å². The summed E-state index contributed by atoms with van der Waals surface area (Å²) in [5.74, 6) is -1.75. The van der Waals surface area contributed by atoms with Gasteiger partial charge in [0.1, 0.15) is 0 Å². The zero-order valence-corrected chi connectivity index (χ0v) is 12.3. The first-order valence-electron chi connectivity index (χ1n) is 5.96. The fourth-order valence-corrected chi connectivity index (χ4v) is 2.50. The summed E-state index contributed by atoms with van der Waals surface area (Å²) in [6.07, 6.45) is 0. The Bertz CT molecular complexity index is 605. The number of aliphatic carboxylic acids is 1. The molecule has 0 bridgehead atoms. The maximum atomic E-state index is 12.4. The number of carbonyl (C=O) groups is 2. The smallest absolute Gasteiger partial charge is 0.328 e. The van der Waals surface area contributed by atoms with Crippen LogP contribution in [0.25, 0.3) is 0 Å². The lowest BCUT2D eigenvalue weighted by Gasteiger charge is -2.32. The van der Waals surface area contributed by atoms with E-state index in [2.05, 4.69) is 15.9 Å². The molecule has 1 N–H and O–H groups in total. The first-order chi connectivity index (χ1) is 9.90. The molecule has 0 radical (unpaired) electrons. The lowest BCUT2D eigenvalue weighted by atomic mass is 10.1. The van der Waals surface area contributed by atoms with Gasteiger partial charge in [-0.3, -0.25) is 14.9 Å². The fraction of sp³-hybridized carbons (Fsp3) is 0.333. The molecule has 1 amide bonds. The van der Waals surface area contributed by atoms with Crippen LogP contribution in [0.5, 0.6) is 0 Å². The summed E-state index contributed by atoms with van der Waals surface area (Å²) in [6, 6.07) is 2.72. The SMILES string of the molecule is O=C(O)C1COCCN1C(=O)c1cc(Br)cc([N+](=O)[O-])c1. The molecular weight excluding hydrogens is 348 g/mol. The normalized spacial score (nSPS) is 18.3. The second-order valence-electron chi connectivity index (χ2n) is 4.38. The molecule has 1 aliphatic heterocycles. The molecular formula is C12H11BrN2O6. The van der Waals surface area contributed by atoms with Crippen LogP contribution in [0.3, 0.4) is 0 Å². The first-order valence-corrected chi connectivity index (χ1v) is 6.76. The van der Waals surface area contributed by atoms with E-state index in [1.165, 1.54) is 12.1 Å². The largest absolute Gasteiger partial charge is 0.480 e. The van der Waals surface area contributed by atoms with Crippen LogP contribution in [0.15, 0.2) is 22.7 Å². The van der Waals surface area contributed by atoms with Gasteiger partial charge in [-0.05, 0) is 6.07 Å². The molecule has 112 valence electrons. The molecule has 1 aromatic rings. The molecule has 0 spiro atoms. The van der Waals surface area contributed by atoms with Crippen LogP contribution < -0.4 is 0 Å². The molecule has 2 rings (SSSR count). The van der Waals surface area contributed by atoms with Crippen molar-refractivity contribution in [3.8, 4) is 0 Å². The number of nitrogens with zero attached hydrogens (tertiary/aromatic N) is 2. The predicted molar refractivity (Wildman–Crippen MR) is 74.1 cm³/mol. The van der Waals surface area contributed by atoms with Gasteiger partial charge in [0.2, 0.25) is 0 Å². The van der Waals surface area contributed by atoms with E-state index in [0.717, 1.165) is 11.0 Å². The van der Waals surface area contributed by atoms with Gasteiger partial charge in [-0.15, -0.1) is 0 Å². The fourth-order valence-electron chi connectivity index (χ4n) is 2.02. The summed E-state index contributed by atoms with van der Waals surface area (Å²) in [5, 5.41) is 19.9. The van der Waals surface area contributed by atoms with E-state index in [-0.39, 0.29) is 31.0 Å². The lowest BCUT2D eigenvalue weighted by Crippen LogP contribution is -2.52. The number of nitro groups is 1. The molecule has 1 aliphatic rings. The second-order valence-corrected chi connectivity index (χ2v) is 5.30. The molecule has 1 saturated heterocycles. The Balaban J connectivity index is 2.34. The number of non-ortho nitro benzene ring substituents is 1. The maximum Gasteiger partial charge on any atom is 0.328 e. The monoisotopic (exact) mass is 358 g/mol. The highest BCUT2D eigenvalue weighted by molar-refractivity contribution is 9.10. The van der Waals surface area contributed by atoms with Crippen molar-refractivity contribution in [2.24, 2.45) is 0 Å². The molecule has 1 fully saturated rings. The summed E-state index contributed by atoms with van der Waals surface area (Å²) < 4.78 is 5.43. The van der Waals surface area contributed by atoms with Crippen molar-refractivity contribution in [2.45, 2.75) is 6.04 Å². The Kier molecular flexibility index (Phi) is 4.53. The number of nitro benzene ring substituents is 1. The number of ether oxygens (including phenoxy) is 1. The number of halogens is 1. The maximum absolute atomic E-state index is 12.4. The summed E-state index contributed by atoms with van der Waals surface area (Å²) in [6.45, 7) is 0.249. The first kappa shape index (κ1) is 15.4. The highest BCUT2D eigenvalue weighted by Gasteiger charge is 2.33. The van der Waals surface area contributed by atoms with Gasteiger partial charge < -0.3 is 14.7 Å². The van der Waals surface area contributed by atoms with Gasteiger partial charge in [0.15, 0.2) is 6.04 Å². The van der Waals surface area contributed by atoms with Crippen LogP contribution in [0.4, 0.5) is 5.69 Å². The third-order valence-electron chi connectivity index (χ3n) is 3.01. The van der Waals surface area contributed by atoms with Crippen molar-refractivity contribution in [1.29, 1.82) is 0 Å². The number of hydrogen-bond donors (Lipinski definition) is 1. The zero-order chi connectivity index (χ0) is 15.6. The number of hydrogen-bond acceptors (Lipinski definition) is 5. The van der Waals surface area contributed by atoms with E-state index >= 15 is 0 Å². The van der Waals surface area contributed by atoms with E-state index in [0.29, 0.717) is 4.47 Å². The van der Waals surface area contributed by atoms with Crippen LogP contribution in [-0.2, 0) is 9.53 Å². The van der Waals surface area contributed by atoms with E-state index in [1.54, 1.807) is 0 Å². The Labute approximate surface area is 127 Å². The minimum absolute atomic E-state index is 0.0595. The summed E-state index contributed by atoms with van der Waals surface area (Å²) >= 11 is 3.10. The molecule has 0 aromatic heterocycles. The molecule has 0 aliphatic carbocycles. The van der Waals surface area contributed by atoms with Gasteiger partial charge in [0.05, 0.1) is 18.1 Å². The average molecular weight is 359 g/mol. The molecule has 1 aromatic carbocycles. The zero-order valence-electron chi connectivity index (χ0n) is 10.7. The Morgan fingerprint density at radius 2 is 2.14 bits per heavy atom. The molecule has 1 heterocycles. The lowest BCUT2D eigenvalue weighted by molar-refractivity contribution is -0.385. The van der Waals surface area contributed by atoms with Crippen molar-refractivity contribution in [2.75, 3.05) is 19.8 Å². The molecule has 8 nitrogen and oxygen atoms in total. The Morgan fingerprint density at radius 3 is 2.76 bits per heavy atom. The van der Waals surface area contributed by atoms with E-state index in [9.17, 15) is 19.7 Å². The van der Waals surface area contributed by atoms with Crippen LogP contribution in [-0.4, -0.2) is 52.6 Å². The van der Waals surface area contributed by atoms with Crippen LogP contribution in [0.1, 0.15) is 10.4 Å². The minimum Gasteiger partial charge on any atom is -0.480 e. The molecule has 1 unspecified atom stereocenters. The van der Waals surface area contributed by atoms with Crippen molar-refractivity contribution in [3.05, 3.63) is 38.3 Å². The van der Waals surface area contributed by atoms with Crippen molar-refractivity contribution < 1.29 is 24.4 Å². The van der Waals surface area contributed by atoms with Gasteiger partial charge in [-0.2, -0.15) is 0 Å². The quantitative estimate of drug-likeness (QED) is 0.643. The number of carbonyl (C=O) groups excluding carboxylic acids is 1. The Hall–Kier alpha value is -2.00. The topological polar surface area (TPSA) is 110 Å². The standard InChI is InChI=1S/C12H11BrN2O6/c13-8-3-7(4-9(5-8)15(19)20)11(16)14-1-2-21-6-10(14)12(17)18/h3-5,10H,1-2,6H2,(H,17,18). The van der Waals surface area contributed by atoms with E-state index in [1.807, 2.05) is 0 Å². The van der Waals surface area contributed by atoms with Gasteiger partial charge >= 0.3 is 5.97 Å². The molecule has 0 saturated carbocycles. The van der Waals surface area contributed by atoms with Crippen LogP contribution in [0.2, 0.25) is 0 Å². The number of morpholine rings is 1. The summed E-state index contributed by atoms with van der Waals surface area (Å²) in [7, 11) is 0. The third kappa shape index (κ3) is 3.37. The number of amides is 1. The van der Waals surface area contributed by atoms with E-state index < -0.39 is 22.8 Å². The Morgan fingerprint density at radius 1 is 1.43 bits per heavy atom. The highest BCUT2D eigenvalue weighted by Crippen LogP contribution is 2.23. The number of carboxylic acids is 1. The van der Waals surface area contributed by atoms with Gasteiger partial charge in [0, 0.05) is 28.7 Å². The summed E-state index contributed by atoms with van der Waals surface area (Å²) in [4.78, 5) is 34.9. The van der Waals surface area contributed by atoms with Crippen LogP contribution in [0, 0.1) is 10.1 Å². The molecule has 9 heteroatoms. The molecule has 21 heavy (non-hydrogen) atoms.